The molecule has 0 saturated carbocycles. The number of para-hydroxylation sites is 2. The first-order valence-electron chi connectivity index (χ1n) is 8.88. The molecule has 150 valence electrons. The second-order valence-electron chi connectivity index (χ2n) is 6.50. The molecule has 8 heteroatoms. The second-order valence-corrected chi connectivity index (χ2v) is 6.50. The predicted octanol–water partition coefficient (Wildman–Crippen LogP) is 3.94. The highest BCUT2D eigenvalue weighted by molar-refractivity contribution is 5.94. The quantitative estimate of drug-likeness (QED) is 0.770. The van der Waals surface area contributed by atoms with Gasteiger partial charge in [-0.3, -0.25) is 4.79 Å². The van der Waals surface area contributed by atoms with Crippen molar-refractivity contribution in [2.45, 2.75) is 19.4 Å². The minimum absolute atomic E-state index is 0.211. The van der Waals surface area contributed by atoms with Gasteiger partial charge >= 0.3 is 6.36 Å². The zero-order valence-electron chi connectivity index (χ0n) is 15.6. The molecule has 0 spiro atoms. The van der Waals surface area contributed by atoms with Gasteiger partial charge in [0.05, 0.1) is 18.8 Å². The lowest BCUT2D eigenvalue weighted by Crippen LogP contribution is -2.46. The van der Waals surface area contributed by atoms with E-state index in [1.807, 2.05) is 24.3 Å². The number of benzene rings is 2. The van der Waals surface area contributed by atoms with Crippen LogP contribution in [0.4, 0.5) is 18.9 Å². The third kappa shape index (κ3) is 4.68. The molecule has 0 saturated heterocycles. The van der Waals surface area contributed by atoms with Crippen molar-refractivity contribution in [2.75, 3.05) is 31.6 Å². The van der Waals surface area contributed by atoms with Gasteiger partial charge in [0.25, 0.3) is 5.91 Å². The number of anilines is 1. The summed E-state index contributed by atoms with van der Waals surface area (Å²) in [6.45, 7) is 3.86. The van der Waals surface area contributed by atoms with Gasteiger partial charge in [-0.25, -0.2) is 0 Å². The zero-order valence-corrected chi connectivity index (χ0v) is 15.6. The van der Waals surface area contributed by atoms with E-state index in [2.05, 4.69) is 16.6 Å². The van der Waals surface area contributed by atoms with Gasteiger partial charge in [-0.2, -0.15) is 0 Å². The van der Waals surface area contributed by atoms with Crippen LogP contribution in [0.2, 0.25) is 0 Å². The summed E-state index contributed by atoms with van der Waals surface area (Å²) in [6, 6.07) is 12.6. The van der Waals surface area contributed by atoms with E-state index in [-0.39, 0.29) is 23.3 Å². The molecular formula is C20H21F3N2O3. The van der Waals surface area contributed by atoms with E-state index in [9.17, 15) is 18.0 Å². The first kappa shape index (κ1) is 19.9. The van der Waals surface area contributed by atoms with E-state index in [0.717, 1.165) is 30.1 Å². The normalized spacial score (nSPS) is 16.2. The summed E-state index contributed by atoms with van der Waals surface area (Å²) in [5, 5.41) is 0. The van der Waals surface area contributed by atoms with Crippen LogP contribution in [-0.2, 0) is 0 Å². The zero-order chi connectivity index (χ0) is 20.3. The number of nitrogens with zero attached hydrogens (tertiary/aromatic N) is 2. The number of amides is 1. The maximum absolute atomic E-state index is 12.6. The predicted molar refractivity (Wildman–Crippen MR) is 98.8 cm³/mol. The maximum Gasteiger partial charge on any atom is 0.573 e. The number of likely N-dealkylation sites (N-methyl/N-ethyl adjacent to an activating group) is 2. The summed E-state index contributed by atoms with van der Waals surface area (Å²) in [4.78, 5) is 16.3. The summed E-state index contributed by atoms with van der Waals surface area (Å²) in [5.74, 6) is 0.108. The molecule has 28 heavy (non-hydrogen) atoms. The highest BCUT2D eigenvalue weighted by Crippen LogP contribution is 2.33. The molecule has 0 bridgehead atoms. The molecular weight excluding hydrogens is 373 g/mol. The first-order valence-corrected chi connectivity index (χ1v) is 8.88. The largest absolute Gasteiger partial charge is 0.573 e. The van der Waals surface area contributed by atoms with Crippen LogP contribution in [-0.4, -0.2) is 50.0 Å². The van der Waals surface area contributed by atoms with Gasteiger partial charge in [-0.15, -0.1) is 13.2 Å². The van der Waals surface area contributed by atoms with E-state index in [4.69, 9.17) is 4.74 Å². The van der Waals surface area contributed by atoms with E-state index >= 15 is 0 Å². The Balaban J connectivity index is 1.64. The summed E-state index contributed by atoms with van der Waals surface area (Å²) in [5.41, 5.74) is 1.30. The van der Waals surface area contributed by atoms with Gasteiger partial charge < -0.3 is 19.3 Å². The third-order valence-electron chi connectivity index (χ3n) is 4.46. The lowest BCUT2D eigenvalue weighted by Gasteiger charge is -2.37. The molecule has 1 amide bonds. The summed E-state index contributed by atoms with van der Waals surface area (Å²) >= 11 is 0. The number of ether oxygens (including phenoxy) is 2. The van der Waals surface area contributed by atoms with Crippen molar-refractivity contribution >= 4 is 11.6 Å². The highest BCUT2D eigenvalue weighted by atomic mass is 19.4. The molecule has 0 unspecified atom stereocenters. The molecule has 0 aromatic heterocycles. The third-order valence-corrected chi connectivity index (χ3v) is 4.46. The number of carbonyl (C=O) groups excluding carboxylic acids is 1. The van der Waals surface area contributed by atoms with Crippen LogP contribution in [0, 0.1) is 0 Å². The van der Waals surface area contributed by atoms with Crippen LogP contribution in [0.15, 0.2) is 48.5 Å². The molecule has 1 aliphatic heterocycles. The molecule has 1 aliphatic rings. The topological polar surface area (TPSA) is 42.0 Å². The van der Waals surface area contributed by atoms with Gasteiger partial charge in [-0.05, 0) is 43.3 Å². The van der Waals surface area contributed by atoms with Gasteiger partial charge in [0, 0.05) is 19.2 Å². The molecule has 0 N–H and O–H groups in total. The molecule has 3 rings (SSSR count). The average Bonchev–Trinajstić information content (AvgIpc) is 2.66. The van der Waals surface area contributed by atoms with Crippen molar-refractivity contribution in [1.29, 1.82) is 0 Å². The van der Waals surface area contributed by atoms with Crippen LogP contribution in [0.1, 0.15) is 17.3 Å². The monoisotopic (exact) mass is 394 g/mol. The van der Waals surface area contributed by atoms with Crippen LogP contribution < -0.4 is 14.4 Å². The molecule has 0 aliphatic carbocycles. The summed E-state index contributed by atoms with van der Waals surface area (Å²) in [7, 11) is 1.64. The standard InChI is InChI=1S/C20H21F3N2O3/c1-3-25-13-16(27-18-7-5-4-6-17(18)25)12-24(2)19(26)14-8-10-15(11-9-14)28-20(21,22)23/h4-11,16H,3,12-13H2,1-2H3/t16-/m1/s1. The molecule has 0 radical (unpaired) electrons. The van der Waals surface area contributed by atoms with Crippen molar-refractivity contribution < 1.29 is 27.4 Å². The Morgan fingerprint density at radius 2 is 1.89 bits per heavy atom. The molecule has 5 nitrogen and oxygen atoms in total. The minimum atomic E-state index is -4.76. The van der Waals surface area contributed by atoms with Gasteiger partial charge in [0.1, 0.15) is 17.6 Å². The van der Waals surface area contributed by atoms with Crippen molar-refractivity contribution in [3.05, 3.63) is 54.1 Å². The number of alkyl halides is 3. The van der Waals surface area contributed by atoms with Crippen molar-refractivity contribution in [1.82, 2.24) is 4.90 Å². The van der Waals surface area contributed by atoms with E-state index in [0.29, 0.717) is 13.1 Å². The van der Waals surface area contributed by atoms with Gasteiger partial charge in [-0.1, -0.05) is 12.1 Å². The fourth-order valence-electron chi connectivity index (χ4n) is 3.18. The summed E-state index contributed by atoms with van der Waals surface area (Å²) < 4.78 is 46.6. The SMILES string of the molecule is CCN1C[C@@H](CN(C)C(=O)c2ccc(OC(F)(F)F)cc2)Oc2ccccc21. The Hall–Kier alpha value is -2.90. The Bertz CT molecular complexity index is 824. The maximum atomic E-state index is 12.6. The Kier molecular flexibility index (Phi) is 5.67. The molecule has 1 atom stereocenters. The number of rotatable bonds is 5. The lowest BCUT2D eigenvalue weighted by atomic mass is 10.1. The van der Waals surface area contributed by atoms with Crippen molar-refractivity contribution in [3.8, 4) is 11.5 Å². The van der Waals surface area contributed by atoms with Gasteiger partial charge in [0.2, 0.25) is 0 Å². The lowest BCUT2D eigenvalue weighted by molar-refractivity contribution is -0.274. The van der Waals surface area contributed by atoms with E-state index in [1.165, 1.54) is 17.0 Å². The van der Waals surface area contributed by atoms with E-state index < -0.39 is 6.36 Å². The number of halogens is 3. The molecule has 2 aromatic rings. The Morgan fingerprint density at radius 3 is 2.54 bits per heavy atom. The van der Waals surface area contributed by atoms with Crippen LogP contribution >= 0.6 is 0 Å². The fraction of sp³-hybridized carbons (Fsp3) is 0.350. The molecule has 2 aromatic carbocycles. The van der Waals surface area contributed by atoms with E-state index in [1.54, 1.807) is 7.05 Å². The highest BCUT2D eigenvalue weighted by Gasteiger charge is 2.31. The number of hydrogen-bond acceptors (Lipinski definition) is 4. The van der Waals surface area contributed by atoms with Crippen molar-refractivity contribution in [3.63, 3.8) is 0 Å². The number of carbonyl (C=O) groups is 1. The Labute approximate surface area is 161 Å². The number of fused-ring (bicyclic) bond motifs is 1. The Morgan fingerprint density at radius 1 is 1.21 bits per heavy atom. The minimum Gasteiger partial charge on any atom is -0.485 e. The smallest absolute Gasteiger partial charge is 0.485 e. The molecule has 0 fully saturated rings. The van der Waals surface area contributed by atoms with Gasteiger partial charge in [0.15, 0.2) is 0 Å². The first-order chi connectivity index (χ1) is 13.3. The fourth-order valence-corrected chi connectivity index (χ4v) is 3.18. The van der Waals surface area contributed by atoms with Crippen LogP contribution in [0.25, 0.3) is 0 Å². The molecule has 1 heterocycles. The second kappa shape index (κ2) is 8.00. The summed E-state index contributed by atoms with van der Waals surface area (Å²) in [6.07, 6.45) is -4.97. The van der Waals surface area contributed by atoms with Crippen LogP contribution in [0.5, 0.6) is 11.5 Å². The average molecular weight is 394 g/mol. The van der Waals surface area contributed by atoms with Crippen LogP contribution in [0.3, 0.4) is 0 Å². The number of hydrogen-bond donors (Lipinski definition) is 0. The van der Waals surface area contributed by atoms with Crippen molar-refractivity contribution in [2.24, 2.45) is 0 Å².